The van der Waals surface area contributed by atoms with Gasteiger partial charge in [0, 0.05) is 0 Å². The summed E-state index contributed by atoms with van der Waals surface area (Å²) in [6, 6.07) is 0. The van der Waals surface area contributed by atoms with E-state index in [0.717, 1.165) is 22.8 Å². The molecule has 0 saturated heterocycles. The fraction of sp³-hybridized carbons (Fsp3) is 0. The van der Waals surface area contributed by atoms with Gasteiger partial charge in [-0.15, -0.1) is 0 Å². The predicted molar refractivity (Wildman–Crippen MR) is 102 cm³/mol. The fourth-order valence-electron chi connectivity index (χ4n) is 2.93. The fourth-order valence-corrected chi connectivity index (χ4v) is 2.93. The van der Waals surface area contributed by atoms with Crippen molar-refractivity contribution in [3.63, 3.8) is 0 Å². The van der Waals surface area contributed by atoms with Crippen LogP contribution in [-0.4, -0.2) is 33.1 Å². The highest BCUT2D eigenvalue weighted by atomic mass is 16.3. The molecule has 0 aliphatic carbocycles. The second kappa shape index (κ2) is 5.35. The van der Waals surface area contributed by atoms with Crippen LogP contribution in [0, 0.1) is 0 Å². The third-order valence-electron chi connectivity index (χ3n) is 4.16. The van der Waals surface area contributed by atoms with Crippen LogP contribution in [0.25, 0.3) is 0 Å². The molecule has 5 aliphatic rings. The number of aliphatic imine (C=N–C) groups is 4. The molecule has 0 aromatic heterocycles. The maximum Gasteiger partial charge on any atom is 0.186 e. The largest absolute Gasteiger partial charge is 0.503 e. The first-order chi connectivity index (χ1) is 12.6. The number of fused-ring (bicyclic) bond motifs is 4. The van der Waals surface area contributed by atoms with Gasteiger partial charge in [0.05, 0.1) is 34.2 Å². The number of aliphatic hydroxyl groups is 2. The van der Waals surface area contributed by atoms with Gasteiger partial charge in [-0.25, -0.2) is 20.0 Å². The number of hydrogen-bond acceptors (Lipinski definition) is 6. The molecule has 0 amide bonds. The first kappa shape index (κ1) is 14.5. The Morgan fingerprint density at radius 1 is 0.500 bits per heavy atom. The van der Waals surface area contributed by atoms with Crippen molar-refractivity contribution in [2.45, 2.75) is 0 Å². The molecule has 5 heterocycles. The number of allylic oxidation sites excluding steroid dienone is 10. The van der Waals surface area contributed by atoms with Crippen LogP contribution in [0.1, 0.15) is 0 Å². The molecule has 0 atom stereocenters. The highest BCUT2D eigenvalue weighted by Gasteiger charge is 2.23. The summed E-state index contributed by atoms with van der Waals surface area (Å²) >= 11 is 0. The van der Waals surface area contributed by atoms with Gasteiger partial charge >= 0.3 is 0 Å². The monoisotopic (exact) mass is 340 g/mol. The van der Waals surface area contributed by atoms with Gasteiger partial charge in [0.15, 0.2) is 11.5 Å². The standard InChI is InChI=1S/C20H12N4O2/c25-19-17-9-15-5-3-13(22-15)7-11-1-2-12(21-11)8-14-4-6-16(23-14)10-18(24-17)20(19)26/h1-10,25-26H. The van der Waals surface area contributed by atoms with Crippen molar-refractivity contribution in [3.8, 4) is 0 Å². The van der Waals surface area contributed by atoms with E-state index in [2.05, 4.69) is 20.0 Å². The summed E-state index contributed by atoms with van der Waals surface area (Å²) in [5.41, 5.74) is 4.91. The Balaban J connectivity index is 1.69. The minimum absolute atomic E-state index is 0.262. The summed E-state index contributed by atoms with van der Waals surface area (Å²) in [4.78, 5) is 17.8. The van der Waals surface area contributed by atoms with E-state index in [9.17, 15) is 10.2 Å². The molecular weight excluding hydrogens is 328 g/mol. The Hall–Kier alpha value is -3.80. The summed E-state index contributed by atoms with van der Waals surface area (Å²) in [7, 11) is 0. The zero-order valence-electron chi connectivity index (χ0n) is 13.5. The van der Waals surface area contributed by atoms with E-state index >= 15 is 0 Å². The van der Waals surface area contributed by atoms with E-state index in [-0.39, 0.29) is 22.9 Å². The number of aliphatic hydroxyl groups excluding tert-OH is 2. The third-order valence-corrected chi connectivity index (χ3v) is 4.16. The molecule has 5 rings (SSSR count). The van der Waals surface area contributed by atoms with Crippen LogP contribution in [0.4, 0.5) is 0 Å². The van der Waals surface area contributed by atoms with Gasteiger partial charge in [-0.2, -0.15) is 0 Å². The molecule has 6 heteroatoms. The average Bonchev–Trinajstić information content (AvgIpc) is 3.38. The third kappa shape index (κ3) is 2.44. The van der Waals surface area contributed by atoms with Crippen molar-refractivity contribution in [2.24, 2.45) is 20.0 Å². The molecule has 0 aromatic carbocycles. The molecule has 6 nitrogen and oxygen atoms in total. The molecule has 0 fully saturated rings. The predicted octanol–water partition coefficient (Wildman–Crippen LogP) is 3.35. The Morgan fingerprint density at radius 2 is 1.00 bits per heavy atom. The lowest BCUT2D eigenvalue weighted by molar-refractivity contribution is 0.359. The normalized spacial score (nSPS) is 22.6. The second-order valence-electron chi connectivity index (χ2n) is 6.04. The van der Waals surface area contributed by atoms with Gasteiger partial charge in [-0.3, -0.25) is 0 Å². The van der Waals surface area contributed by atoms with Crippen LogP contribution >= 0.6 is 0 Å². The van der Waals surface area contributed by atoms with Crippen LogP contribution in [0.15, 0.2) is 115 Å². The quantitative estimate of drug-likeness (QED) is 0.708. The zero-order valence-corrected chi connectivity index (χ0v) is 13.5. The van der Waals surface area contributed by atoms with Crippen LogP contribution in [0.3, 0.4) is 0 Å². The van der Waals surface area contributed by atoms with Crippen molar-refractivity contribution < 1.29 is 10.2 Å². The molecule has 0 aromatic rings. The Morgan fingerprint density at radius 3 is 1.58 bits per heavy atom. The summed E-state index contributed by atoms with van der Waals surface area (Å²) in [5, 5.41) is 20.3. The summed E-state index contributed by atoms with van der Waals surface area (Å²) in [6.07, 6.45) is 18.2. The van der Waals surface area contributed by atoms with Crippen molar-refractivity contribution in [1.29, 1.82) is 0 Å². The van der Waals surface area contributed by atoms with Crippen LogP contribution in [-0.2, 0) is 0 Å². The highest BCUT2D eigenvalue weighted by molar-refractivity contribution is 6.15. The maximum absolute atomic E-state index is 10.2. The van der Waals surface area contributed by atoms with Gasteiger partial charge in [0.1, 0.15) is 11.4 Å². The molecule has 0 unspecified atom stereocenters. The number of rotatable bonds is 0. The van der Waals surface area contributed by atoms with Crippen molar-refractivity contribution in [3.05, 3.63) is 95.1 Å². The molecule has 26 heavy (non-hydrogen) atoms. The Labute approximate surface area is 148 Å². The Kier molecular flexibility index (Phi) is 2.99. The van der Waals surface area contributed by atoms with E-state index < -0.39 is 0 Å². The molecule has 0 saturated carbocycles. The minimum Gasteiger partial charge on any atom is -0.503 e. The highest BCUT2D eigenvalue weighted by Crippen LogP contribution is 2.25. The number of hydrogen-bond donors (Lipinski definition) is 2. The lowest BCUT2D eigenvalue weighted by Gasteiger charge is -1.94. The van der Waals surface area contributed by atoms with E-state index in [4.69, 9.17) is 0 Å². The minimum atomic E-state index is -0.269. The summed E-state index contributed by atoms with van der Waals surface area (Å²) < 4.78 is 0. The molecule has 0 spiro atoms. The van der Waals surface area contributed by atoms with E-state index in [1.165, 1.54) is 0 Å². The van der Waals surface area contributed by atoms with E-state index in [1.807, 2.05) is 48.6 Å². The van der Waals surface area contributed by atoms with Crippen LogP contribution in [0.2, 0.25) is 0 Å². The molecule has 0 radical (unpaired) electrons. The lowest BCUT2D eigenvalue weighted by Crippen LogP contribution is -1.96. The van der Waals surface area contributed by atoms with Crippen molar-refractivity contribution in [1.82, 2.24) is 0 Å². The van der Waals surface area contributed by atoms with E-state index in [0.29, 0.717) is 11.4 Å². The second-order valence-corrected chi connectivity index (χ2v) is 6.04. The summed E-state index contributed by atoms with van der Waals surface area (Å²) in [5.74, 6) is -0.538. The molecule has 5 aliphatic heterocycles. The topological polar surface area (TPSA) is 89.9 Å². The van der Waals surface area contributed by atoms with Gasteiger partial charge in [-0.05, 0) is 60.8 Å². The maximum atomic E-state index is 10.2. The van der Waals surface area contributed by atoms with Gasteiger partial charge in [0.2, 0.25) is 0 Å². The van der Waals surface area contributed by atoms with Gasteiger partial charge in [-0.1, -0.05) is 0 Å². The van der Waals surface area contributed by atoms with Crippen LogP contribution < -0.4 is 0 Å². The Bertz CT molecular complexity index is 1130. The molecule has 2 N–H and O–H groups in total. The molecule has 124 valence electrons. The zero-order chi connectivity index (χ0) is 17.7. The molecule has 8 bridgehead atoms. The van der Waals surface area contributed by atoms with Crippen LogP contribution in [0.5, 0.6) is 0 Å². The first-order valence-corrected chi connectivity index (χ1v) is 8.03. The first-order valence-electron chi connectivity index (χ1n) is 8.03. The molecular formula is C20H12N4O2. The number of nitrogens with zero attached hydrogens (tertiary/aromatic N) is 4. The smallest absolute Gasteiger partial charge is 0.186 e. The van der Waals surface area contributed by atoms with Crippen molar-refractivity contribution in [2.75, 3.05) is 0 Å². The average molecular weight is 340 g/mol. The van der Waals surface area contributed by atoms with E-state index in [1.54, 1.807) is 12.2 Å². The van der Waals surface area contributed by atoms with Gasteiger partial charge in [0.25, 0.3) is 0 Å². The van der Waals surface area contributed by atoms with Gasteiger partial charge < -0.3 is 10.2 Å². The lowest BCUT2D eigenvalue weighted by atomic mass is 10.2. The van der Waals surface area contributed by atoms with Crippen molar-refractivity contribution >= 4 is 22.8 Å². The SMILES string of the molecule is OC1=C(O)C2=NC1=CC1=NC(=CC3=NC(=CC4=NC(=C2)C=C4)C=C3)C=C1. The summed E-state index contributed by atoms with van der Waals surface area (Å²) in [6.45, 7) is 0.